The summed E-state index contributed by atoms with van der Waals surface area (Å²) in [6.45, 7) is 3.05. The molecule has 4 heterocycles. The molecule has 0 saturated carbocycles. The van der Waals surface area contributed by atoms with Crippen molar-refractivity contribution < 1.29 is 9.59 Å². The number of thiophene rings is 1. The molecule has 0 radical (unpaired) electrons. The van der Waals surface area contributed by atoms with Gasteiger partial charge in [-0.15, -0.1) is 21.5 Å². The summed E-state index contributed by atoms with van der Waals surface area (Å²) in [5, 5.41) is 11.5. The molecule has 144 valence electrons. The van der Waals surface area contributed by atoms with Crippen molar-refractivity contribution in [1.82, 2.24) is 24.6 Å². The van der Waals surface area contributed by atoms with Crippen LogP contribution in [-0.2, 0) is 13.1 Å². The van der Waals surface area contributed by atoms with E-state index in [4.69, 9.17) is 0 Å². The van der Waals surface area contributed by atoms with Crippen LogP contribution in [-0.4, -0.2) is 56.0 Å². The van der Waals surface area contributed by atoms with Crippen LogP contribution in [0, 0.1) is 0 Å². The summed E-state index contributed by atoms with van der Waals surface area (Å²) in [6, 6.07) is 7.85. The predicted octanol–water partition coefficient (Wildman–Crippen LogP) is 2.77. The summed E-state index contributed by atoms with van der Waals surface area (Å²) >= 11 is 1.67. The minimum absolute atomic E-state index is 0.00810. The fraction of sp³-hybridized carbons (Fsp3) is 0.400. The Hall–Kier alpha value is -2.74. The van der Waals surface area contributed by atoms with E-state index in [1.54, 1.807) is 16.2 Å². The Labute approximate surface area is 166 Å². The van der Waals surface area contributed by atoms with E-state index in [1.165, 1.54) is 11.1 Å². The fourth-order valence-corrected chi connectivity index (χ4v) is 4.78. The maximum atomic E-state index is 13.0. The summed E-state index contributed by atoms with van der Waals surface area (Å²) in [7, 11) is 0. The van der Waals surface area contributed by atoms with E-state index in [1.807, 2.05) is 39.1 Å². The van der Waals surface area contributed by atoms with E-state index >= 15 is 0 Å². The molecule has 2 amide bonds. The first-order valence-corrected chi connectivity index (χ1v) is 10.6. The molecule has 28 heavy (non-hydrogen) atoms. The van der Waals surface area contributed by atoms with Gasteiger partial charge < -0.3 is 14.4 Å². The highest BCUT2D eigenvalue weighted by Crippen LogP contribution is 2.24. The normalized spacial score (nSPS) is 17.0. The Bertz CT molecular complexity index is 1050. The number of hydrogen-bond donors (Lipinski definition) is 0. The van der Waals surface area contributed by atoms with Gasteiger partial charge in [0.05, 0.1) is 6.54 Å². The van der Waals surface area contributed by atoms with Gasteiger partial charge in [0.25, 0.3) is 11.8 Å². The molecule has 5 rings (SSSR count). The van der Waals surface area contributed by atoms with Crippen LogP contribution >= 0.6 is 11.3 Å². The van der Waals surface area contributed by atoms with Crippen LogP contribution in [0.25, 0.3) is 10.1 Å². The maximum Gasteiger partial charge on any atom is 0.291 e. The number of carbonyl (C=O) groups excluding carboxylic acids is 2. The van der Waals surface area contributed by atoms with Gasteiger partial charge in [-0.05, 0) is 54.3 Å². The molecule has 2 aromatic heterocycles. The number of nitrogens with zero attached hydrogens (tertiary/aromatic N) is 5. The highest BCUT2D eigenvalue weighted by molar-refractivity contribution is 7.17. The van der Waals surface area contributed by atoms with E-state index in [-0.39, 0.29) is 11.8 Å². The second-order valence-corrected chi connectivity index (χ2v) is 8.29. The quantitative estimate of drug-likeness (QED) is 0.669. The summed E-state index contributed by atoms with van der Waals surface area (Å²) in [4.78, 5) is 29.4. The van der Waals surface area contributed by atoms with Crippen molar-refractivity contribution in [1.29, 1.82) is 0 Å². The largest absolute Gasteiger partial charge is 0.336 e. The van der Waals surface area contributed by atoms with Crippen molar-refractivity contribution in [3.63, 3.8) is 0 Å². The highest BCUT2D eigenvalue weighted by Gasteiger charge is 2.30. The maximum absolute atomic E-state index is 13.0. The van der Waals surface area contributed by atoms with E-state index in [0.717, 1.165) is 31.3 Å². The average Bonchev–Trinajstić information content (AvgIpc) is 3.39. The number of likely N-dealkylation sites (tertiary alicyclic amines) is 1. The van der Waals surface area contributed by atoms with Crippen molar-refractivity contribution >= 4 is 33.2 Å². The van der Waals surface area contributed by atoms with Gasteiger partial charge in [0.15, 0.2) is 5.82 Å². The lowest BCUT2D eigenvalue weighted by Gasteiger charge is -2.29. The molecular formula is C20H21N5O2S. The van der Waals surface area contributed by atoms with Crippen LogP contribution in [0.1, 0.15) is 46.1 Å². The van der Waals surface area contributed by atoms with Crippen molar-refractivity contribution in [2.75, 3.05) is 19.6 Å². The van der Waals surface area contributed by atoms with E-state index in [0.29, 0.717) is 36.8 Å². The summed E-state index contributed by atoms with van der Waals surface area (Å²) in [6.07, 6.45) is 3.27. The number of fused-ring (bicyclic) bond motifs is 2. The third-order valence-electron chi connectivity index (χ3n) is 5.57. The van der Waals surface area contributed by atoms with Gasteiger partial charge in [-0.25, -0.2) is 0 Å². The smallest absolute Gasteiger partial charge is 0.291 e. The minimum Gasteiger partial charge on any atom is -0.336 e. The zero-order valence-corrected chi connectivity index (χ0v) is 16.3. The lowest BCUT2D eigenvalue weighted by atomic mass is 10.1. The lowest BCUT2D eigenvalue weighted by molar-refractivity contribution is 0.0685. The molecule has 7 nitrogen and oxygen atoms in total. The van der Waals surface area contributed by atoms with E-state index in [9.17, 15) is 9.59 Å². The zero-order valence-electron chi connectivity index (χ0n) is 15.5. The first-order chi connectivity index (χ1) is 13.7. The standard InChI is InChI=1S/C20H21N5O2S/c26-19(15-4-5-16-14(12-15)6-11-28-16)24-9-10-25-17(13-24)21-22-18(25)20(27)23-7-2-1-3-8-23/h4-6,11-12H,1-3,7-10,13H2. The molecule has 2 aliphatic rings. The number of rotatable bonds is 2. The number of benzene rings is 1. The Morgan fingerprint density at radius 1 is 0.893 bits per heavy atom. The molecule has 1 aromatic carbocycles. The molecule has 0 aliphatic carbocycles. The predicted molar refractivity (Wildman–Crippen MR) is 106 cm³/mol. The molecule has 2 aliphatic heterocycles. The Kier molecular flexibility index (Phi) is 4.35. The average molecular weight is 395 g/mol. The van der Waals surface area contributed by atoms with Crippen LogP contribution in [0.4, 0.5) is 0 Å². The molecule has 0 spiro atoms. The monoisotopic (exact) mass is 395 g/mol. The zero-order chi connectivity index (χ0) is 19.1. The summed E-state index contributed by atoms with van der Waals surface area (Å²) in [5.74, 6) is 1.03. The van der Waals surface area contributed by atoms with Crippen LogP contribution in [0.2, 0.25) is 0 Å². The molecule has 0 atom stereocenters. The summed E-state index contributed by atoms with van der Waals surface area (Å²) < 4.78 is 3.05. The Morgan fingerprint density at radius 2 is 1.75 bits per heavy atom. The molecular weight excluding hydrogens is 374 g/mol. The van der Waals surface area contributed by atoms with E-state index < -0.39 is 0 Å². The van der Waals surface area contributed by atoms with Crippen molar-refractivity contribution in [3.8, 4) is 0 Å². The minimum atomic E-state index is -0.0406. The number of aromatic nitrogens is 3. The van der Waals surface area contributed by atoms with Gasteiger partial charge in [-0.2, -0.15) is 0 Å². The SMILES string of the molecule is O=C(c1ccc2sccc2c1)N1CCn2c(nnc2C(=O)N2CCCCC2)C1. The Balaban J connectivity index is 1.34. The first-order valence-electron chi connectivity index (χ1n) is 9.68. The van der Waals surface area contributed by atoms with Gasteiger partial charge >= 0.3 is 0 Å². The van der Waals surface area contributed by atoms with Crippen LogP contribution in [0.3, 0.4) is 0 Å². The molecule has 0 N–H and O–H groups in total. The van der Waals surface area contributed by atoms with Gasteiger partial charge in [0.1, 0.15) is 0 Å². The van der Waals surface area contributed by atoms with E-state index in [2.05, 4.69) is 10.2 Å². The van der Waals surface area contributed by atoms with Gasteiger partial charge in [-0.3, -0.25) is 9.59 Å². The van der Waals surface area contributed by atoms with Crippen molar-refractivity contribution in [2.24, 2.45) is 0 Å². The third kappa shape index (κ3) is 2.97. The molecule has 0 bridgehead atoms. The topological polar surface area (TPSA) is 71.3 Å². The third-order valence-corrected chi connectivity index (χ3v) is 6.47. The number of carbonyl (C=O) groups is 2. The number of amides is 2. The van der Waals surface area contributed by atoms with Crippen LogP contribution in [0.15, 0.2) is 29.6 Å². The fourth-order valence-electron chi connectivity index (χ4n) is 4.01. The lowest BCUT2D eigenvalue weighted by Crippen LogP contribution is -2.41. The van der Waals surface area contributed by atoms with Gasteiger partial charge in [0, 0.05) is 36.4 Å². The summed E-state index contributed by atoms with van der Waals surface area (Å²) in [5.41, 5.74) is 0.684. The molecule has 3 aromatic rings. The second kappa shape index (κ2) is 7.01. The van der Waals surface area contributed by atoms with Crippen molar-refractivity contribution in [3.05, 3.63) is 46.9 Å². The molecule has 1 fully saturated rings. The van der Waals surface area contributed by atoms with Crippen LogP contribution < -0.4 is 0 Å². The highest BCUT2D eigenvalue weighted by atomic mass is 32.1. The van der Waals surface area contributed by atoms with Gasteiger partial charge in [0.2, 0.25) is 5.82 Å². The number of piperidine rings is 1. The first kappa shape index (κ1) is 17.4. The van der Waals surface area contributed by atoms with Crippen molar-refractivity contribution in [2.45, 2.75) is 32.4 Å². The number of hydrogen-bond acceptors (Lipinski definition) is 5. The Morgan fingerprint density at radius 3 is 2.61 bits per heavy atom. The second-order valence-electron chi connectivity index (χ2n) is 7.34. The molecule has 0 unspecified atom stereocenters. The molecule has 1 saturated heterocycles. The van der Waals surface area contributed by atoms with Gasteiger partial charge in [-0.1, -0.05) is 0 Å². The van der Waals surface area contributed by atoms with Crippen LogP contribution in [0.5, 0.6) is 0 Å². The molecule has 8 heteroatoms.